The van der Waals surface area contributed by atoms with Gasteiger partial charge in [0.1, 0.15) is 0 Å². The van der Waals surface area contributed by atoms with Crippen molar-refractivity contribution in [2.24, 2.45) is 5.41 Å². The number of rotatable bonds is 7. The van der Waals surface area contributed by atoms with E-state index in [4.69, 9.17) is 5.11 Å². The molecular formula is C17H25NO3. The summed E-state index contributed by atoms with van der Waals surface area (Å²) in [6, 6.07) is 6.81. The third-order valence-corrected chi connectivity index (χ3v) is 3.24. The van der Waals surface area contributed by atoms with Gasteiger partial charge in [-0.1, -0.05) is 32.9 Å². The standard InChI is InChI=1S/C17H25NO3/c1-17(2,3)10-5-8-15(19)18-11-9-13-6-4-7-14(12-13)16(20)21/h4,6-7,12H,5,8-11H2,1-3H3,(H,18,19)(H,20,21). The fraction of sp³-hybridized carbons (Fsp3) is 0.529. The van der Waals surface area contributed by atoms with Crippen LogP contribution in [0.2, 0.25) is 0 Å². The summed E-state index contributed by atoms with van der Waals surface area (Å²) in [6.07, 6.45) is 3.11. The predicted molar refractivity (Wildman–Crippen MR) is 83.4 cm³/mol. The number of hydrogen-bond donors (Lipinski definition) is 2. The Kier molecular flexibility index (Phi) is 6.40. The molecule has 0 aliphatic rings. The van der Waals surface area contributed by atoms with E-state index in [-0.39, 0.29) is 16.9 Å². The molecule has 0 bridgehead atoms. The topological polar surface area (TPSA) is 66.4 Å². The van der Waals surface area contributed by atoms with Gasteiger partial charge >= 0.3 is 5.97 Å². The SMILES string of the molecule is CC(C)(C)CCCC(=O)NCCc1cccc(C(=O)O)c1. The molecule has 1 aromatic carbocycles. The highest BCUT2D eigenvalue weighted by molar-refractivity contribution is 5.87. The monoisotopic (exact) mass is 291 g/mol. The zero-order valence-electron chi connectivity index (χ0n) is 13.1. The zero-order valence-corrected chi connectivity index (χ0v) is 13.1. The number of amides is 1. The normalized spacial score (nSPS) is 11.2. The predicted octanol–water partition coefficient (Wildman–Crippen LogP) is 3.26. The van der Waals surface area contributed by atoms with Crippen LogP contribution in [0.3, 0.4) is 0 Å². The Bertz CT molecular complexity index is 489. The van der Waals surface area contributed by atoms with E-state index in [2.05, 4.69) is 26.1 Å². The first-order valence-electron chi connectivity index (χ1n) is 7.37. The van der Waals surface area contributed by atoms with Crippen LogP contribution >= 0.6 is 0 Å². The van der Waals surface area contributed by atoms with E-state index >= 15 is 0 Å². The lowest BCUT2D eigenvalue weighted by Crippen LogP contribution is -2.25. The van der Waals surface area contributed by atoms with Crippen LogP contribution in [0.15, 0.2) is 24.3 Å². The van der Waals surface area contributed by atoms with Gasteiger partial charge in [0.25, 0.3) is 0 Å². The van der Waals surface area contributed by atoms with E-state index in [1.807, 2.05) is 6.07 Å². The lowest BCUT2D eigenvalue weighted by Gasteiger charge is -2.17. The van der Waals surface area contributed by atoms with Crippen LogP contribution in [0.5, 0.6) is 0 Å². The first kappa shape index (κ1) is 17.2. The van der Waals surface area contributed by atoms with Crippen LogP contribution < -0.4 is 5.32 Å². The first-order valence-corrected chi connectivity index (χ1v) is 7.37. The summed E-state index contributed by atoms with van der Waals surface area (Å²) in [4.78, 5) is 22.6. The van der Waals surface area contributed by atoms with Crippen molar-refractivity contribution in [3.63, 3.8) is 0 Å². The number of carboxylic acid groups (broad SMARTS) is 1. The Labute approximate surface area is 126 Å². The Morgan fingerprint density at radius 1 is 1.24 bits per heavy atom. The van der Waals surface area contributed by atoms with Crippen molar-refractivity contribution in [3.8, 4) is 0 Å². The molecule has 2 N–H and O–H groups in total. The summed E-state index contributed by atoms with van der Waals surface area (Å²) in [5.41, 5.74) is 1.46. The first-order chi connectivity index (χ1) is 9.78. The molecule has 0 aliphatic heterocycles. The van der Waals surface area contributed by atoms with Crippen molar-refractivity contribution in [2.75, 3.05) is 6.54 Å². The maximum atomic E-state index is 11.7. The van der Waals surface area contributed by atoms with Gasteiger partial charge in [-0.3, -0.25) is 4.79 Å². The molecule has 21 heavy (non-hydrogen) atoms. The number of benzene rings is 1. The highest BCUT2D eigenvalue weighted by atomic mass is 16.4. The van der Waals surface area contributed by atoms with Crippen molar-refractivity contribution in [3.05, 3.63) is 35.4 Å². The van der Waals surface area contributed by atoms with Gasteiger partial charge < -0.3 is 10.4 Å². The molecule has 0 radical (unpaired) electrons. The molecular weight excluding hydrogens is 266 g/mol. The molecule has 4 heteroatoms. The molecule has 0 fully saturated rings. The molecule has 4 nitrogen and oxygen atoms in total. The van der Waals surface area contributed by atoms with Crippen molar-refractivity contribution in [1.29, 1.82) is 0 Å². The van der Waals surface area contributed by atoms with Crippen molar-refractivity contribution in [2.45, 2.75) is 46.5 Å². The van der Waals surface area contributed by atoms with Crippen LogP contribution in [0.1, 0.15) is 56.0 Å². The number of carbonyl (C=O) groups is 2. The number of hydrogen-bond acceptors (Lipinski definition) is 2. The third-order valence-electron chi connectivity index (χ3n) is 3.24. The number of carbonyl (C=O) groups excluding carboxylic acids is 1. The lowest BCUT2D eigenvalue weighted by atomic mass is 9.90. The Hall–Kier alpha value is -1.84. The molecule has 1 aromatic rings. The Balaban J connectivity index is 2.28. The number of aromatic carboxylic acids is 1. The maximum absolute atomic E-state index is 11.7. The van der Waals surface area contributed by atoms with Gasteiger partial charge in [-0.25, -0.2) is 4.79 Å². The van der Waals surface area contributed by atoms with Crippen LogP contribution in [0.25, 0.3) is 0 Å². The quantitative estimate of drug-likeness (QED) is 0.810. The van der Waals surface area contributed by atoms with Gasteiger partial charge in [0.15, 0.2) is 0 Å². The molecule has 0 heterocycles. The van der Waals surface area contributed by atoms with Crippen molar-refractivity contribution < 1.29 is 14.7 Å². The van der Waals surface area contributed by atoms with Crippen molar-refractivity contribution in [1.82, 2.24) is 5.32 Å². The van der Waals surface area contributed by atoms with E-state index in [0.717, 1.165) is 18.4 Å². The van der Waals surface area contributed by atoms with Crippen LogP contribution in [-0.4, -0.2) is 23.5 Å². The third kappa shape index (κ3) is 7.49. The minimum Gasteiger partial charge on any atom is -0.478 e. The van der Waals surface area contributed by atoms with E-state index in [0.29, 0.717) is 19.4 Å². The molecule has 0 saturated heterocycles. The second-order valence-corrected chi connectivity index (χ2v) is 6.52. The van der Waals surface area contributed by atoms with E-state index in [1.165, 1.54) is 0 Å². The smallest absolute Gasteiger partial charge is 0.335 e. The summed E-state index contributed by atoms with van der Waals surface area (Å²) in [6.45, 7) is 7.04. The lowest BCUT2D eigenvalue weighted by molar-refractivity contribution is -0.121. The summed E-state index contributed by atoms with van der Waals surface area (Å²) in [5.74, 6) is -0.864. The second kappa shape index (κ2) is 7.81. The van der Waals surface area contributed by atoms with E-state index < -0.39 is 5.97 Å². The van der Waals surface area contributed by atoms with Crippen LogP contribution in [0.4, 0.5) is 0 Å². The highest BCUT2D eigenvalue weighted by Crippen LogP contribution is 2.21. The van der Waals surface area contributed by atoms with E-state index in [1.54, 1.807) is 18.2 Å². The Morgan fingerprint density at radius 2 is 1.95 bits per heavy atom. The second-order valence-electron chi connectivity index (χ2n) is 6.52. The minimum absolute atomic E-state index is 0.0636. The molecule has 0 spiro atoms. The van der Waals surface area contributed by atoms with Crippen LogP contribution in [-0.2, 0) is 11.2 Å². The van der Waals surface area contributed by atoms with Crippen molar-refractivity contribution >= 4 is 11.9 Å². The summed E-state index contributed by atoms with van der Waals surface area (Å²) in [7, 11) is 0. The molecule has 0 aromatic heterocycles. The zero-order chi connectivity index (χ0) is 15.9. The summed E-state index contributed by atoms with van der Waals surface area (Å²) >= 11 is 0. The largest absolute Gasteiger partial charge is 0.478 e. The molecule has 116 valence electrons. The highest BCUT2D eigenvalue weighted by Gasteiger charge is 2.11. The molecule has 1 rings (SSSR count). The van der Waals surface area contributed by atoms with E-state index in [9.17, 15) is 9.59 Å². The minimum atomic E-state index is -0.928. The Morgan fingerprint density at radius 3 is 2.57 bits per heavy atom. The van der Waals surface area contributed by atoms with Gasteiger partial charge in [0.2, 0.25) is 5.91 Å². The molecule has 0 saturated carbocycles. The average Bonchev–Trinajstić information content (AvgIpc) is 2.37. The van der Waals surface area contributed by atoms with Gasteiger partial charge in [-0.2, -0.15) is 0 Å². The fourth-order valence-electron chi connectivity index (χ4n) is 2.07. The summed E-state index contributed by atoms with van der Waals surface area (Å²) in [5, 5.41) is 11.8. The summed E-state index contributed by atoms with van der Waals surface area (Å²) < 4.78 is 0. The number of carboxylic acids is 1. The van der Waals surface area contributed by atoms with Gasteiger partial charge in [-0.15, -0.1) is 0 Å². The average molecular weight is 291 g/mol. The maximum Gasteiger partial charge on any atom is 0.335 e. The molecule has 0 atom stereocenters. The van der Waals surface area contributed by atoms with Gasteiger partial charge in [-0.05, 0) is 42.4 Å². The number of nitrogens with one attached hydrogen (secondary N) is 1. The molecule has 1 amide bonds. The van der Waals surface area contributed by atoms with Gasteiger partial charge in [0.05, 0.1) is 5.56 Å². The molecule has 0 aliphatic carbocycles. The van der Waals surface area contributed by atoms with Crippen LogP contribution in [0, 0.1) is 5.41 Å². The molecule has 0 unspecified atom stereocenters. The fourth-order valence-corrected chi connectivity index (χ4v) is 2.07. The van der Waals surface area contributed by atoms with Gasteiger partial charge in [0, 0.05) is 13.0 Å².